The van der Waals surface area contributed by atoms with Gasteiger partial charge in [-0.1, -0.05) is 104 Å². The van der Waals surface area contributed by atoms with Crippen LogP contribution in [-0.2, 0) is 10.1 Å². The molecule has 3 aromatic carbocycles. The highest BCUT2D eigenvalue weighted by Gasteiger charge is 2.31. The van der Waals surface area contributed by atoms with Crippen LogP contribution < -0.4 is 10.6 Å². The summed E-state index contributed by atoms with van der Waals surface area (Å²) in [6, 6.07) is 28.5. The average Bonchev–Trinajstić information content (AvgIpc) is 4.15. The highest BCUT2D eigenvalue weighted by Crippen LogP contribution is 2.43. The van der Waals surface area contributed by atoms with E-state index in [4.69, 9.17) is 53.3 Å². The van der Waals surface area contributed by atoms with E-state index in [2.05, 4.69) is 40.8 Å². The molecule has 0 radical (unpaired) electrons. The van der Waals surface area contributed by atoms with Crippen molar-refractivity contribution in [2.24, 2.45) is 0 Å². The lowest BCUT2D eigenvalue weighted by atomic mass is 9.81. The number of aromatic nitrogens is 8. The number of rotatable bonds is 11. The van der Waals surface area contributed by atoms with E-state index >= 15 is 0 Å². The van der Waals surface area contributed by atoms with Crippen LogP contribution in [-0.4, -0.2) is 114 Å². The van der Waals surface area contributed by atoms with E-state index in [1.807, 2.05) is 67.6 Å². The Bertz CT molecular complexity index is 2760. The molecule has 0 amide bonds. The van der Waals surface area contributed by atoms with E-state index in [0.717, 1.165) is 86.9 Å². The summed E-state index contributed by atoms with van der Waals surface area (Å²) in [7, 11) is -2.02. The summed E-state index contributed by atoms with van der Waals surface area (Å²) in [6.07, 6.45) is 30.2. The third-order valence-electron chi connectivity index (χ3n) is 15.2. The summed E-state index contributed by atoms with van der Waals surface area (Å²) in [5, 5.41) is 47.2. The number of aryl methyl sites for hydroxylation is 1. The number of aromatic amines is 2. The molecule has 0 unspecified atom stereocenters. The number of H-pyrrole nitrogens is 2. The molecule has 80 heavy (non-hydrogen) atoms. The monoisotopic (exact) mass is 1150 g/mol. The van der Waals surface area contributed by atoms with Crippen molar-refractivity contribution in [2.75, 3.05) is 20.8 Å². The summed E-state index contributed by atoms with van der Waals surface area (Å²) < 4.78 is 29.6. The maximum absolute atomic E-state index is 10.5. The van der Waals surface area contributed by atoms with Gasteiger partial charge in [0.15, 0.2) is 0 Å². The van der Waals surface area contributed by atoms with Crippen molar-refractivity contribution in [3.8, 4) is 45.0 Å². The molecule has 8 N–H and O–H groups in total. The maximum atomic E-state index is 10.5. The number of benzene rings is 3. The molecule has 0 bridgehead atoms. The molecule has 4 fully saturated rings. The average molecular weight is 1150 g/mol. The Morgan fingerprint density at radius 2 is 0.875 bits per heavy atom. The second kappa shape index (κ2) is 33.5. The van der Waals surface area contributed by atoms with Crippen molar-refractivity contribution in [3.63, 3.8) is 0 Å². The first kappa shape index (κ1) is 63.7. The van der Waals surface area contributed by atoms with Gasteiger partial charge in [-0.15, -0.1) is 0 Å². The third-order valence-corrected chi connectivity index (χ3v) is 16.6. The van der Waals surface area contributed by atoms with Crippen LogP contribution in [0.25, 0.3) is 45.0 Å². The summed E-state index contributed by atoms with van der Waals surface area (Å²) in [5.74, 6) is 0.950. The number of aliphatic hydroxyl groups excluding tert-OH is 3. The normalized spacial score (nSPS) is 19.4. The zero-order valence-corrected chi connectivity index (χ0v) is 49.1. The van der Waals surface area contributed by atoms with Gasteiger partial charge in [-0.2, -0.15) is 18.6 Å². The fraction of sp³-hybridized carbons (Fsp3) is 0.475. The zero-order valence-electron chi connectivity index (χ0n) is 46.7. The van der Waals surface area contributed by atoms with Crippen LogP contribution >= 0.6 is 23.2 Å². The quantitative estimate of drug-likeness (QED) is 0.0562. The molecule has 19 heteroatoms. The van der Waals surface area contributed by atoms with Gasteiger partial charge in [0.05, 0.1) is 16.3 Å². The van der Waals surface area contributed by atoms with Crippen LogP contribution in [0.15, 0.2) is 115 Å². The van der Waals surface area contributed by atoms with Crippen molar-refractivity contribution in [3.05, 3.63) is 137 Å². The van der Waals surface area contributed by atoms with Crippen molar-refractivity contribution < 1.29 is 28.3 Å². The number of nitrogens with zero attached hydrogens (tertiary/aromatic N) is 6. The molecule has 4 heterocycles. The van der Waals surface area contributed by atoms with Crippen molar-refractivity contribution in [1.82, 2.24) is 51.0 Å². The number of hydrogen-bond donors (Lipinski definition) is 8. The van der Waals surface area contributed by atoms with Crippen molar-refractivity contribution >= 4 is 33.3 Å². The van der Waals surface area contributed by atoms with E-state index in [1.54, 1.807) is 44.1 Å². The third kappa shape index (κ3) is 18.8. The maximum Gasteiger partial charge on any atom is 0.294 e. The van der Waals surface area contributed by atoms with E-state index in [-0.39, 0.29) is 11.5 Å². The minimum Gasteiger partial charge on any atom is -0.400 e. The largest absolute Gasteiger partial charge is 0.400 e. The first-order chi connectivity index (χ1) is 39.0. The van der Waals surface area contributed by atoms with Crippen LogP contribution in [0.1, 0.15) is 151 Å². The smallest absolute Gasteiger partial charge is 0.294 e. The second-order valence-electron chi connectivity index (χ2n) is 20.6. The molecule has 4 saturated carbocycles. The number of halogens is 2. The molecule has 0 atom stereocenters. The van der Waals surface area contributed by atoms with Gasteiger partial charge in [0.2, 0.25) is 0 Å². The van der Waals surface area contributed by atoms with Crippen LogP contribution in [0.3, 0.4) is 0 Å². The minimum absolute atomic E-state index is 0.0666. The lowest BCUT2D eigenvalue weighted by Gasteiger charge is -2.33. The highest BCUT2D eigenvalue weighted by atomic mass is 35.5. The van der Waals surface area contributed by atoms with E-state index < -0.39 is 10.1 Å². The lowest BCUT2D eigenvalue weighted by Crippen LogP contribution is -2.41. The standard InChI is InChI=1S/2C25H30ClN5.C7H8O3S.C2H6O.2CH4O/c2*26-19-10-6-17(7-11-19)24-23(22-14-15-27-16-28-22)25(31-30-24)18-8-12-21(13-9-18)29-20-4-2-1-3-5-20;1-6-2-4-7(5-3-6)11(8,9)10;1-2-3;2*1-2/h2*6-7,10-11,14-16,18,20-21,29H,1-5,8-9,12-13H2,(H,30,31);2-5H,1H3,(H,8,9,10);3H,2H2,1H3;2*2H,1H3. The molecule has 432 valence electrons. The Kier molecular flexibility index (Phi) is 26.6. The molecule has 0 spiro atoms. The predicted octanol–water partition coefficient (Wildman–Crippen LogP) is 12.7. The SMILES string of the molecule is CCO.CO.CO.Cc1ccc(S(=O)(=O)O)cc1.Clc1ccc(-c2n[nH]c(C3CCC(NC4CCCCC4)CC3)c2-c2ccncn2)cc1.Clc1ccc(-c2n[nH]c(C3CCC(NC4CCCCC4)CC3)c2-c2ccncn2)cc1. The van der Waals surface area contributed by atoms with Crippen molar-refractivity contribution in [1.29, 1.82) is 0 Å². The molecule has 7 aromatic rings. The van der Waals surface area contributed by atoms with Gasteiger partial charge in [-0.3, -0.25) is 14.8 Å². The van der Waals surface area contributed by atoms with Crippen molar-refractivity contribution in [2.45, 2.75) is 170 Å². The molecule has 4 aliphatic rings. The summed E-state index contributed by atoms with van der Waals surface area (Å²) in [6.45, 7) is 3.77. The fourth-order valence-corrected chi connectivity index (χ4v) is 12.1. The topological polar surface area (TPSA) is 248 Å². The van der Waals surface area contributed by atoms with E-state index in [0.29, 0.717) is 23.9 Å². The molecular formula is C61H82Cl2N10O6S. The van der Waals surface area contributed by atoms with E-state index in [9.17, 15) is 8.42 Å². The molecule has 0 saturated heterocycles. The van der Waals surface area contributed by atoms with Gasteiger partial charge in [-0.05, 0) is 139 Å². The molecule has 16 nitrogen and oxygen atoms in total. The minimum atomic E-state index is -4.02. The lowest BCUT2D eigenvalue weighted by molar-refractivity contribution is 0.277. The highest BCUT2D eigenvalue weighted by molar-refractivity contribution is 7.85. The molecular weight excluding hydrogens is 1070 g/mol. The Morgan fingerprint density at radius 3 is 1.20 bits per heavy atom. The van der Waals surface area contributed by atoms with Gasteiger partial charge in [0, 0.05) is 113 Å². The van der Waals surface area contributed by atoms with Crippen LogP contribution in [0.5, 0.6) is 0 Å². The number of nitrogens with one attached hydrogen (secondary N) is 4. The van der Waals surface area contributed by atoms with E-state index in [1.165, 1.54) is 139 Å². The fourth-order valence-electron chi connectivity index (χ4n) is 11.3. The van der Waals surface area contributed by atoms with Gasteiger partial charge < -0.3 is 26.0 Å². The first-order valence-electron chi connectivity index (χ1n) is 28.2. The molecule has 4 aliphatic carbocycles. The summed E-state index contributed by atoms with van der Waals surface area (Å²) in [4.78, 5) is 17.3. The van der Waals surface area contributed by atoms with Gasteiger partial charge in [0.1, 0.15) is 24.0 Å². The Hall–Kier alpha value is -5.47. The van der Waals surface area contributed by atoms with Gasteiger partial charge in [-0.25, -0.2) is 19.9 Å². The first-order valence-corrected chi connectivity index (χ1v) is 30.4. The Labute approximate surface area is 483 Å². The van der Waals surface area contributed by atoms with Crippen LogP contribution in [0.2, 0.25) is 10.0 Å². The molecule has 11 rings (SSSR count). The van der Waals surface area contributed by atoms with Crippen LogP contribution in [0.4, 0.5) is 0 Å². The van der Waals surface area contributed by atoms with Crippen LogP contribution in [0, 0.1) is 6.92 Å². The summed E-state index contributed by atoms with van der Waals surface area (Å²) >= 11 is 12.2. The zero-order chi connectivity index (χ0) is 57.3. The second-order valence-corrected chi connectivity index (χ2v) is 22.9. The van der Waals surface area contributed by atoms with Gasteiger partial charge >= 0.3 is 0 Å². The predicted molar refractivity (Wildman–Crippen MR) is 320 cm³/mol. The Balaban J connectivity index is 0.000000199. The number of aliphatic hydroxyl groups is 3. The van der Waals surface area contributed by atoms with Gasteiger partial charge in [0.25, 0.3) is 10.1 Å². The molecule has 0 aliphatic heterocycles. The Morgan fingerprint density at radius 1 is 0.525 bits per heavy atom. The molecule has 4 aromatic heterocycles. The summed E-state index contributed by atoms with van der Waals surface area (Å²) in [5.41, 5.74) is 11.4. The number of hydrogen-bond acceptors (Lipinski definition) is 13.